The lowest BCUT2D eigenvalue weighted by Gasteiger charge is -1.90. The van der Waals surface area contributed by atoms with E-state index in [4.69, 9.17) is 10.2 Å². The van der Waals surface area contributed by atoms with Crippen LogP contribution in [-0.2, 0) is 11.2 Å². The number of aryl methyl sites for hydroxylation is 1. The predicted molar refractivity (Wildman–Crippen MR) is 54.3 cm³/mol. The van der Waals surface area contributed by atoms with Crippen LogP contribution in [-0.4, -0.2) is 34.3 Å². The molecule has 1 aromatic heterocycles. The number of nitrogens with two attached hydrogens (primary N) is 1. The summed E-state index contributed by atoms with van der Waals surface area (Å²) in [5, 5.41) is 16.1. The molecule has 5 nitrogen and oxygen atoms in total. The van der Waals surface area contributed by atoms with Gasteiger partial charge in [-0.05, 0) is 6.92 Å². The molecule has 0 amide bonds. The Balaban J connectivity index is 0.000000292. The monoisotopic (exact) mass is 218 g/mol. The summed E-state index contributed by atoms with van der Waals surface area (Å²) in [4.78, 5) is 14.5. The van der Waals surface area contributed by atoms with Crippen molar-refractivity contribution in [1.82, 2.24) is 4.98 Å². The molecule has 1 rings (SSSR count). The SMILES string of the molecule is Cc1ncsc1CCO.NCC(=O)O. The van der Waals surface area contributed by atoms with Gasteiger partial charge in [-0.2, -0.15) is 0 Å². The van der Waals surface area contributed by atoms with E-state index in [1.54, 1.807) is 16.8 Å². The number of aliphatic hydroxyl groups is 1. The molecule has 0 fully saturated rings. The van der Waals surface area contributed by atoms with Crippen LogP contribution in [0.3, 0.4) is 0 Å². The Hall–Kier alpha value is -0.980. The molecule has 80 valence electrons. The number of carbonyl (C=O) groups is 1. The zero-order chi connectivity index (χ0) is 11.0. The van der Waals surface area contributed by atoms with Crippen molar-refractivity contribution in [2.75, 3.05) is 13.2 Å². The van der Waals surface area contributed by atoms with Crippen molar-refractivity contribution in [3.8, 4) is 0 Å². The van der Waals surface area contributed by atoms with Crippen LogP contribution in [0.5, 0.6) is 0 Å². The fourth-order valence-corrected chi connectivity index (χ4v) is 1.44. The number of thiazole rings is 1. The first-order valence-corrected chi connectivity index (χ1v) is 4.91. The lowest BCUT2D eigenvalue weighted by Crippen LogP contribution is -2.10. The molecule has 6 heteroatoms. The van der Waals surface area contributed by atoms with Crippen molar-refractivity contribution < 1.29 is 15.0 Å². The van der Waals surface area contributed by atoms with Gasteiger partial charge in [0.05, 0.1) is 17.7 Å². The number of aliphatic carboxylic acids is 1. The summed E-state index contributed by atoms with van der Waals surface area (Å²) in [5.74, 6) is -0.968. The van der Waals surface area contributed by atoms with Crippen LogP contribution < -0.4 is 5.73 Å². The van der Waals surface area contributed by atoms with Gasteiger partial charge in [-0.1, -0.05) is 0 Å². The smallest absolute Gasteiger partial charge is 0.317 e. The van der Waals surface area contributed by atoms with Crippen LogP contribution in [0, 0.1) is 6.92 Å². The van der Waals surface area contributed by atoms with Gasteiger partial charge in [-0.25, -0.2) is 4.98 Å². The number of aromatic nitrogens is 1. The maximum atomic E-state index is 9.24. The molecular weight excluding hydrogens is 204 g/mol. The predicted octanol–water partition coefficient (Wildman–Crippen LogP) is 0.0160. The van der Waals surface area contributed by atoms with E-state index in [1.165, 1.54) is 4.88 Å². The van der Waals surface area contributed by atoms with E-state index in [0.29, 0.717) is 0 Å². The molecule has 0 saturated heterocycles. The number of hydrogen-bond acceptors (Lipinski definition) is 5. The molecule has 0 aliphatic carbocycles. The molecule has 0 aromatic carbocycles. The molecule has 1 heterocycles. The Morgan fingerprint density at radius 3 is 2.57 bits per heavy atom. The first-order chi connectivity index (χ1) is 6.61. The summed E-state index contributed by atoms with van der Waals surface area (Å²) in [6.45, 7) is 1.91. The Morgan fingerprint density at radius 1 is 1.71 bits per heavy atom. The lowest BCUT2D eigenvalue weighted by atomic mass is 10.3. The molecule has 0 unspecified atom stereocenters. The molecule has 4 N–H and O–H groups in total. The fourth-order valence-electron chi connectivity index (χ4n) is 0.668. The van der Waals surface area contributed by atoms with Gasteiger partial charge in [-0.3, -0.25) is 4.79 Å². The van der Waals surface area contributed by atoms with Gasteiger partial charge in [0.25, 0.3) is 0 Å². The van der Waals surface area contributed by atoms with Gasteiger partial charge in [-0.15, -0.1) is 11.3 Å². The zero-order valence-corrected chi connectivity index (χ0v) is 8.75. The Kier molecular flexibility index (Phi) is 6.91. The minimum absolute atomic E-state index is 0.225. The summed E-state index contributed by atoms with van der Waals surface area (Å²) in [5.41, 5.74) is 7.43. The molecule has 0 atom stereocenters. The van der Waals surface area contributed by atoms with Crippen molar-refractivity contribution in [1.29, 1.82) is 0 Å². The van der Waals surface area contributed by atoms with Gasteiger partial charge < -0.3 is 15.9 Å². The highest BCUT2D eigenvalue weighted by Gasteiger charge is 1.97. The molecule has 0 spiro atoms. The highest BCUT2D eigenvalue weighted by atomic mass is 32.1. The average molecular weight is 218 g/mol. The first-order valence-electron chi connectivity index (χ1n) is 4.03. The molecule has 0 bridgehead atoms. The van der Waals surface area contributed by atoms with Crippen molar-refractivity contribution in [2.24, 2.45) is 5.73 Å². The molecule has 0 radical (unpaired) electrons. The number of nitrogens with zero attached hydrogens (tertiary/aromatic N) is 1. The molecule has 0 aliphatic rings. The standard InChI is InChI=1S/C6H9NOS.C2H5NO2/c1-5-6(2-3-8)9-4-7-5;3-1-2(4)5/h4,8H,2-3H2,1H3;1,3H2,(H,4,5). The number of carboxylic acid groups (broad SMARTS) is 1. The fraction of sp³-hybridized carbons (Fsp3) is 0.500. The lowest BCUT2D eigenvalue weighted by molar-refractivity contribution is -0.135. The topological polar surface area (TPSA) is 96.4 Å². The van der Waals surface area contributed by atoms with Gasteiger partial charge in [0.15, 0.2) is 0 Å². The van der Waals surface area contributed by atoms with Gasteiger partial charge in [0, 0.05) is 17.9 Å². The molecule has 0 aliphatic heterocycles. The highest BCUT2D eigenvalue weighted by Crippen LogP contribution is 2.11. The van der Waals surface area contributed by atoms with Crippen LogP contribution in [0.2, 0.25) is 0 Å². The highest BCUT2D eigenvalue weighted by molar-refractivity contribution is 7.09. The summed E-state index contributed by atoms with van der Waals surface area (Å²) >= 11 is 1.60. The number of aliphatic hydroxyl groups excluding tert-OH is 1. The Labute approximate surface area is 86.2 Å². The maximum Gasteiger partial charge on any atom is 0.317 e. The van der Waals surface area contributed by atoms with Crippen LogP contribution in [0.15, 0.2) is 5.51 Å². The van der Waals surface area contributed by atoms with Crippen molar-refractivity contribution in [3.63, 3.8) is 0 Å². The van der Waals surface area contributed by atoms with Gasteiger partial charge in [0.1, 0.15) is 0 Å². The normalized spacial score (nSPS) is 9.07. The minimum atomic E-state index is -0.968. The number of carboxylic acids is 1. The molecule has 14 heavy (non-hydrogen) atoms. The van der Waals surface area contributed by atoms with Crippen LogP contribution >= 0.6 is 11.3 Å². The molecule has 1 aromatic rings. The summed E-state index contributed by atoms with van der Waals surface area (Å²) in [6, 6.07) is 0. The summed E-state index contributed by atoms with van der Waals surface area (Å²) < 4.78 is 0. The van der Waals surface area contributed by atoms with Gasteiger partial charge in [0.2, 0.25) is 0 Å². The second-order valence-corrected chi connectivity index (χ2v) is 3.37. The third-order valence-corrected chi connectivity index (χ3v) is 2.35. The van der Waals surface area contributed by atoms with Crippen molar-refractivity contribution in [3.05, 3.63) is 16.1 Å². The van der Waals surface area contributed by atoms with E-state index in [0.717, 1.165) is 12.1 Å². The number of hydrogen-bond donors (Lipinski definition) is 3. The van der Waals surface area contributed by atoms with Crippen molar-refractivity contribution in [2.45, 2.75) is 13.3 Å². The summed E-state index contributed by atoms with van der Waals surface area (Å²) in [7, 11) is 0. The van der Waals surface area contributed by atoms with E-state index in [-0.39, 0.29) is 13.2 Å². The Morgan fingerprint density at radius 2 is 2.29 bits per heavy atom. The maximum absolute atomic E-state index is 9.24. The minimum Gasteiger partial charge on any atom is -0.480 e. The second-order valence-electron chi connectivity index (χ2n) is 2.43. The largest absolute Gasteiger partial charge is 0.480 e. The Bertz CT molecular complexity index is 275. The third-order valence-electron chi connectivity index (χ3n) is 1.36. The van der Waals surface area contributed by atoms with Crippen LogP contribution in [0.25, 0.3) is 0 Å². The quantitative estimate of drug-likeness (QED) is 0.664. The summed E-state index contributed by atoms with van der Waals surface area (Å²) in [6.07, 6.45) is 0.747. The number of rotatable bonds is 3. The van der Waals surface area contributed by atoms with Crippen LogP contribution in [0.1, 0.15) is 10.6 Å². The second kappa shape index (κ2) is 7.43. The molecule has 0 saturated carbocycles. The van der Waals surface area contributed by atoms with E-state index in [1.807, 2.05) is 6.92 Å². The van der Waals surface area contributed by atoms with Gasteiger partial charge >= 0.3 is 5.97 Å². The van der Waals surface area contributed by atoms with E-state index >= 15 is 0 Å². The molecular formula is C8H14N2O3S. The zero-order valence-electron chi connectivity index (χ0n) is 7.93. The third kappa shape index (κ3) is 5.63. The van der Waals surface area contributed by atoms with E-state index < -0.39 is 5.97 Å². The average Bonchev–Trinajstić information content (AvgIpc) is 2.54. The van der Waals surface area contributed by atoms with Crippen LogP contribution in [0.4, 0.5) is 0 Å². The first kappa shape index (κ1) is 13.0. The van der Waals surface area contributed by atoms with Crippen molar-refractivity contribution >= 4 is 17.3 Å². The van der Waals surface area contributed by atoms with E-state index in [2.05, 4.69) is 10.7 Å². The van der Waals surface area contributed by atoms with E-state index in [9.17, 15) is 4.79 Å².